The van der Waals surface area contributed by atoms with Crippen LogP contribution in [0.15, 0.2) is 165 Å². The number of nitrogens with zero attached hydrogens (tertiary/aromatic N) is 3. The van der Waals surface area contributed by atoms with E-state index in [2.05, 4.69) is 120 Å². The number of rotatable bonds is 8. The summed E-state index contributed by atoms with van der Waals surface area (Å²) in [5.41, 5.74) is 10.5. The Balaban J connectivity index is 1.50. The van der Waals surface area contributed by atoms with Crippen molar-refractivity contribution in [3.8, 4) is 56.2 Å². The van der Waals surface area contributed by atoms with E-state index >= 15 is 0 Å². The fourth-order valence-electron chi connectivity index (χ4n) is 5.06. The van der Waals surface area contributed by atoms with Gasteiger partial charge in [-0.3, -0.25) is 0 Å². The standard InChI is InChI=1S/C39H29N3/c1-3-14-28(4-2)32-21-33(29-15-8-5-9-16-29)24-36(23-32)38-40-27-41-39(42-38)37-25-34(30-17-10-6-11-18-30)22-35(26-37)31-19-12-7-13-20-31/h3-27H,1-2H2/b28-14+. The van der Waals surface area contributed by atoms with Crippen LogP contribution in [-0.2, 0) is 0 Å². The normalized spacial score (nSPS) is 11.2. The Kier molecular flexibility index (Phi) is 7.74. The second-order valence-corrected chi connectivity index (χ2v) is 9.89. The molecule has 0 aliphatic rings. The molecule has 0 saturated carbocycles. The lowest BCUT2D eigenvalue weighted by molar-refractivity contribution is 1.06. The van der Waals surface area contributed by atoms with E-state index in [0.29, 0.717) is 11.6 Å². The van der Waals surface area contributed by atoms with Crippen LogP contribution in [0.5, 0.6) is 0 Å². The SMILES string of the molecule is C=C/C=C(\C=C)c1cc(-c2ccccc2)cc(-c2ncnc(-c3cc(-c4ccccc4)cc(-c4ccccc4)c3)n2)c1. The highest BCUT2D eigenvalue weighted by atomic mass is 15.0. The largest absolute Gasteiger partial charge is 0.217 e. The molecule has 200 valence electrons. The maximum atomic E-state index is 5.00. The van der Waals surface area contributed by atoms with E-state index < -0.39 is 0 Å². The van der Waals surface area contributed by atoms with E-state index in [1.807, 2.05) is 42.5 Å². The fourth-order valence-corrected chi connectivity index (χ4v) is 5.06. The molecular formula is C39H29N3. The summed E-state index contributed by atoms with van der Waals surface area (Å²) in [5.74, 6) is 1.22. The highest BCUT2D eigenvalue weighted by Crippen LogP contribution is 2.34. The third-order valence-corrected chi connectivity index (χ3v) is 7.13. The first-order valence-electron chi connectivity index (χ1n) is 13.8. The smallest absolute Gasteiger partial charge is 0.163 e. The van der Waals surface area contributed by atoms with Gasteiger partial charge in [-0.2, -0.15) is 0 Å². The Morgan fingerprint density at radius 2 is 0.881 bits per heavy atom. The first-order chi connectivity index (χ1) is 20.7. The van der Waals surface area contributed by atoms with Crippen LogP contribution in [0.4, 0.5) is 0 Å². The lowest BCUT2D eigenvalue weighted by atomic mass is 9.95. The van der Waals surface area contributed by atoms with Gasteiger partial charge >= 0.3 is 0 Å². The Morgan fingerprint density at radius 3 is 1.33 bits per heavy atom. The van der Waals surface area contributed by atoms with Crippen LogP contribution in [0.2, 0.25) is 0 Å². The van der Waals surface area contributed by atoms with Crippen molar-refractivity contribution in [3.63, 3.8) is 0 Å². The monoisotopic (exact) mass is 539 g/mol. The Morgan fingerprint density at radius 1 is 0.476 bits per heavy atom. The van der Waals surface area contributed by atoms with E-state index in [4.69, 9.17) is 4.98 Å². The molecule has 3 heteroatoms. The minimum absolute atomic E-state index is 0.604. The summed E-state index contributed by atoms with van der Waals surface area (Å²) < 4.78 is 0. The summed E-state index contributed by atoms with van der Waals surface area (Å²) in [6.07, 6.45) is 7.17. The minimum Gasteiger partial charge on any atom is -0.217 e. The highest BCUT2D eigenvalue weighted by molar-refractivity contribution is 5.83. The average Bonchev–Trinajstić information content (AvgIpc) is 3.08. The van der Waals surface area contributed by atoms with Gasteiger partial charge in [-0.1, -0.05) is 122 Å². The first-order valence-corrected chi connectivity index (χ1v) is 13.8. The van der Waals surface area contributed by atoms with E-state index in [1.54, 1.807) is 12.4 Å². The van der Waals surface area contributed by atoms with Gasteiger partial charge in [0.25, 0.3) is 0 Å². The van der Waals surface area contributed by atoms with Gasteiger partial charge in [0, 0.05) is 11.1 Å². The number of aromatic nitrogens is 3. The van der Waals surface area contributed by atoms with Gasteiger partial charge in [-0.15, -0.1) is 0 Å². The fraction of sp³-hybridized carbons (Fsp3) is 0. The Hall–Kier alpha value is -5.67. The van der Waals surface area contributed by atoms with Gasteiger partial charge in [0.2, 0.25) is 0 Å². The molecule has 0 bridgehead atoms. The molecule has 0 aliphatic heterocycles. The van der Waals surface area contributed by atoms with Crippen molar-refractivity contribution in [1.29, 1.82) is 0 Å². The van der Waals surface area contributed by atoms with Crippen LogP contribution in [-0.4, -0.2) is 15.0 Å². The van der Waals surface area contributed by atoms with Crippen LogP contribution in [0.3, 0.4) is 0 Å². The van der Waals surface area contributed by atoms with Crippen LogP contribution in [0.1, 0.15) is 5.56 Å². The summed E-state index contributed by atoms with van der Waals surface area (Å²) in [4.78, 5) is 14.2. The van der Waals surface area contributed by atoms with E-state index in [0.717, 1.165) is 55.6 Å². The van der Waals surface area contributed by atoms with Crippen LogP contribution < -0.4 is 0 Å². The number of benzene rings is 5. The zero-order valence-corrected chi connectivity index (χ0v) is 23.2. The third kappa shape index (κ3) is 5.77. The Bertz CT molecular complexity index is 1830. The zero-order valence-electron chi connectivity index (χ0n) is 23.2. The Labute approximate surface area is 246 Å². The highest BCUT2D eigenvalue weighted by Gasteiger charge is 2.13. The topological polar surface area (TPSA) is 38.7 Å². The van der Waals surface area contributed by atoms with Crippen LogP contribution in [0, 0.1) is 0 Å². The molecule has 6 rings (SSSR count). The molecule has 0 atom stereocenters. The second kappa shape index (κ2) is 12.2. The minimum atomic E-state index is 0.604. The third-order valence-electron chi connectivity index (χ3n) is 7.13. The molecule has 0 spiro atoms. The molecule has 1 aromatic heterocycles. The van der Waals surface area contributed by atoms with Crippen LogP contribution in [0.25, 0.3) is 61.7 Å². The molecule has 0 unspecified atom stereocenters. The number of allylic oxidation sites excluding steroid dienone is 4. The van der Waals surface area contributed by atoms with Gasteiger partial charge in [-0.05, 0) is 80.9 Å². The molecule has 0 N–H and O–H groups in total. The van der Waals surface area contributed by atoms with Crippen LogP contribution >= 0.6 is 0 Å². The van der Waals surface area contributed by atoms with Gasteiger partial charge in [0.15, 0.2) is 11.6 Å². The summed E-state index contributed by atoms with van der Waals surface area (Å²) in [6.45, 7) is 7.90. The lowest BCUT2D eigenvalue weighted by Crippen LogP contribution is -1.97. The maximum absolute atomic E-state index is 5.00. The van der Waals surface area contributed by atoms with E-state index in [9.17, 15) is 0 Å². The number of hydrogen-bond acceptors (Lipinski definition) is 3. The molecular weight excluding hydrogens is 510 g/mol. The molecule has 0 fully saturated rings. The number of hydrogen-bond donors (Lipinski definition) is 0. The first kappa shape index (κ1) is 26.5. The quantitative estimate of drug-likeness (QED) is 0.181. The summed E-state index contributed by atoms with van der Waals surface area (Å²) in [5, 5.41) is 0. The van der Waals surface area contributed by atoms with Crippen molar-refractivity contribution in [2.75, 3.05) is 0 Å². The summed E-state index contributed by atoms with van der Waals surface area (Å²) in [7, 11) is 0. The van der Waals surface area contributed by atoms with E-state index in [1.165, 1.54) is 0 Å². The summed E-state index contributed by atoms with van der Waals surface area (Å²) >= 11 is 0. The zero-order chi connectivity index (χ0) is 28.7. The lowest BCUT2D eigenvalue weighted by Gasteiger charge is -2.12. The molecule has 42 heavy (non-hydrogen) atoms. The molecule has 0 aliphatic carbocycles. The molecule has 0 amide bonds. The predicted octanol–water partition coefficient (Wildman–Crippen LogP) is 9.96. The van der Waals surface area contributed by atoms with Crippen molar-refractivity contribution in [2.45, 2.75) is 0 Å². The van der Waals surface area contributed by atoms with Crippen molar-refractivity contribution in [2.24, 2.45) is 0 Å². The predicted molar refractivity (Wildman–Crippen MR) is 175 cm³/mol. The molecule has 6 aromatic rings. The van der Waals surface area contributed by atoms with Crippen molar-refractivity contribution >= 4 is 5.57 Å². The second-order valence-electron chi connectivity index (χ2n) is 9.89. The molecule has 3 nitrogen and oxygen atoms in total. The molecule has 1 heterocycles. The average molecular weight is 540 g/mol. The molecule has 5 aromatic carbocycles. The van der Waals surface area contributed by atoms with Gasteiger partial charge in [-0.25, -0.2) is 15.0 Å². The molecule has 0 radical (unpaired) electrons. The van der Waals surface area contributed by atoms with Gasteiger partial charge < -0.3 is 0 Å². The summed E-state index contributed by atoms with van der Waals surface area (Å²) in [6, 6.07) is 44.0. The van der Waals surface area contributed by atoms with Gasteiger partial charge in [0.1, 0.15) is 6.33 Å². The van der Waals surface area contributed by atoms with Crippen molar-refractivity contribution < 1.29 is 0 Å². The maximum Gasteiger partial charge on any atom is 0.163 e. The van der Waals surface area contributed by atoms with E-state index in [-0.39, 0.29) is 0 Å². The van der Waals surface area contributed by atoms with Gasteiger partial charge in [0.05, 0.1) is 0 Å². The van der Waals surface area contributed by atoms with Crippen molar-refractivity contribution in [3.05, 3.63) is 171 Å². The molecule has 0 saturated heterocycles. The van der Waals surface area contributed by atoms with Crippen molar-refractivity contribution in [1.82, 2.24) is 15.0 Å².